The Hall–Kier alpha value is -3.74. The summed E-state index contributed by atoms with van der Waals surface area (Å²) in [6.45, 7) is 2.73. The number of carbonyl (C=O) groups is 2. The van der Waals surface area contributed by atoms with Gasteiger partial charge in [0.1, 0.15) is 17.1 Å². The summed E-state index contributed by atoms with van der Waals surface area (Å²) in [5.74, 6) is 0.0190. The Morgan fingerprint density at radius 3 is 2.41 bits per heavy atom. The highest BCUT2D eigenvalue weighted by Crippen LogP contribution is 2.36. The number of carbonyl (C=O) groups excluding carboxylic acids is 2. The number of piperidine rings is 1. The summed E-state index contributed by atoms with van der Waals surface area (Å²) in [6, 6.07) is 8.34. The van der Waals surface area contributed by atoms with Gasteiger partial charge in [-0.2, -0.15) is 0 Å². The van der Waals surface area contributed by atoms with E-state index in [1.807, 2.05) is 4.90 Å². The quantitative estimate of drug-likeness (QED) is 0.598. The molecule has 39 heavy (non-hydrogen) atoms. The number of halogens is 4. The molecule has 0 radical (unpaired) electrons. The number of likely N-dealkylation sites (tertiary alicyclic amines) is 1. The number of alkyl halides is 3. The first-order valence-corrected chi connectivity index (χ1v) is 12.8. The number of hydrogen-bond acceptors (Lipinski definition) is 7. The molecule has 0 aliphatic carbocycles. The average Bonchev–Trinajstić information content (AvgIpc) is 3.32. The lowest BCUT2D eigenvalue weighted by Crippen LogP contribution is -2.52. The zero-order chi connectivity index (χ0) is 27.6. The molecular weight excluding hydrogens is 541 g/mol. The molecule has 3 aliphatic heterocycles. The molecule has 5 rings (SSSR count). The number of amides is 3. The minimum atomic E-state index is -4.88. The summed E-state index contributed by atoms with van der Waals surface area (Å²) in [7, 11) is 0. The highest BCUT2D eigenvalue weighted by molar-refractivity contribution is 6.39. The van der Waals surface area contributed by atoms with Gasteiger partial charge < -0.3 is 29.6 Å². The maximum atomic E-state index is 13.1. The maximum Gasteiger partial charge on any atom is 0.573 e. The van der Waals surface area contributed by atoms with Crippen LogP contribution in [0.15, 0.2) is 47.8 Å². The third-order valence-corrected chi connectivity index (χ3v) is 7.30. The van der Waals surface area contributed by atoms with Crippen LogP contribution in [0.4, 0.5) is 29.5 Å². The third kappa shape index (κ3) is 6.13. The molecule has 14 heteroatoms. The van der Waals surface area contributed by atoms with Crippen LogP contribution >= 0.6 is 11.6 Å². The maximum absolute atomic E-state index is 13.1. The standard InChI is InChI=1S/C25H26ClF3N6O4/c26-17-4-3-9-30-21(17)33-12-14-34(15-13-33)22(36)19-16-24(39-32-19)7-10-35(11-8-24)23(37)31-18-5-1-2-6-20(18)38-25(27,28)29/h1-6,9H,7-8,10-16H2,(H,31,37). The van der Waals surface area contributed by atoms with Gasteiger partial charge in [-0.25, -0.2) is 9.78 Å². The van der Waals surface area contributed by atoms with Crippen molar-refractivity contribution in [3.63, 3.8) is 0 Å². The minimum Gasteiger partial charge on any atom is -0.404 e. The molecule has 2 aromatic rings. The second-order valence-electron chi connectivity index (χ2n) is 9.54. The van der Waals surface area contributed by atoms with Gasteiger partial charge in [-0.1, -0.05) is 28.9 Å². The van der Waals surface area contributed by atoms with Crippen molar-refractivity contribution < 1.29 is 32.3 Å². The van der Waals surface area contributed by atoms with E-state index >= 15 is 0 Å². The molecule has 0 saturated carbocycles. The summed E-state index contributed by atoms with van der Waals surface area (Å²) in [5.41, 5.74) is -0.433. The average molecular weight is 567 g/mol. The number of hydrogen-bond donors (Lipinski definition) is 1. The van der Waals surface area contributed by atoms with Crippen LogP contribution in [0.2, 0.25) is 5.02 Å². The summed E-state index contributed by atoms with van der Waals surface area (Å²) >= 11 is 6.25. The summed E-state index contributed by atoms with van der Waals surface area (Å²) < 4.78 is 42.1. The number of benzene rings is 1. The number of nitrogens with zero attached hydrogens (tertiary/aromatic N) is 5. The lowest BCUT2D eigenvalue weighted by atomic mass is 9.86. The van der Waals surface area contributed by atoms with E-state index in [2.05, 4.69) is 20.2 Å². The van der Waals surface area contributed by atoms with Crippen molar-refractivity contribution >= 4 is 40.8 Å². The molecule has 0 atom stereocenters. The molecule has 1 N–H and O–H groups in total. The number of para-hydroxylation sites is 2. The second-order valence-corrected chi connectivity index (χ2v) is 9.95. The number of urea groups is 1. The summed E-state index contributed by atoms with van der Waals surface area (Å²) in [5, 5.41) is 7.15. The van der Waals surface area contributed by atoms with Crippen LogP contribution in [0, 0.1) is 0 Å². The Morgan fingerprint density at radius 1 is 1.00 bits per heavy atom. The molecular formula is C25H26ClF3N6O4. The number of aromatic nitrogens is 1. The fourth-order valence-electron chi connectivity index (χ4n) is 4.91. The van der Waals surface area contributed by atoms with E-state index in [1.165, 1.54) is 23.1 Å². The van der Waals surface area contributed by atoms with Gasteiger partial charge in [0.05, 0.1) is 10.7 Å². The Balaban J connectivity index is 1.11. The smallest absolute Gasteiger partial charge is 0.404 e. The predicted octanol–water partition coefficient (Wildman–Crippen LogP) is 4.13. The van der Waals surface area contributed by atoms with E-state index in [-0.39, 0.29) is 24.7 Å². The van der Waals surface area contributed by atoms with Gasteiger partial charge in [-0.05, 0) is 24.3 Å². The zero-order valence-corrected chi connectivity index (χ0v) is 21.5. The predicted molar refractivity (Wildman–Crippen MR) is 137 cm³/mol. The van der Waals surface area contributed by atoms with Crippen LogP contribution in [0.25, 0.3) is 0 Å². The van der Waals surface area contributed by atoms with Crippen molar-refractivity contribution in [2.75, 3.05) is 49.5 Å². The number of anilines is 2. The van der Waals surface area contributed by atoms with Gasteiger partial charge in [0.25, 0.3) is 5.91 Å². The molecule has 4 heterocycles. The van der Waals surface area contributed by atoms with E-state index in [9.17, 15) is 22.8 Å². The van der Waals surface area contributed by atoms with Crippen LogP contribution in [0.1, 0.15) is 19.3 Å². The molecule has 1 spiro atoms. The first kappa shape index (κ1) is 26.9. The molecule has 2 fully saturated rings. The van der Waals surface area contributed by atoms with Gasteiger partial charge in [0.2, 0.25) is 0 Å². The van der Waals surface area contributed by atoms with E-state index < -0.39 is 23.7 Å². The topological polar surface area (TPSA) is 99.6 Å². The molecule has 0 bridgehead atoms. The monoisotopic (exact) mass is 566 g/mol. The van der Waals surface area contributed by atoms with E-state index in [0.29, 0.717) is 62.0 Å². The lowest BCUT2D eigenvalue weighted by Gasteiger charge is -2.37. The zero-order valence-electron chi connectivity index (χ0n) is 20.8. The van der Waals surface area contributed by atoms with Crippen molar-refractivity contribution in [2.24, 2.45) is 5.16 Å². The van der Waals surface area contributed by atoms with Crippen LogP contribution in [0.3, 0.4) is 0 Å². The summed E-state index contributed by atoms with van der Waals surface area (Å²) in [4.78, 5) is 41.2. The second kappa shape index (κ2) is 10.8. The van der Waals surface area contributed by atoms with Crippen LogP contribution in [-0.2, 0) is 9.63 Å². The number of oxime groups is 1. The Bertz CT molecular complexity index is 1260. The van der Waals surface area contributed by atoms with Crippen molar-refractivity contribution in [2.45, 2.75) is 31.2 Å². The Labute approximate surface area is 227 Å². The highest BCUT2D eigenvalue weighted by Gasteiger charge is 2.45. The van der Waals surface area contributed by atoms with Gasteiger partial charge in [-0.3, -0.25) is 4.79 Å². The molecule has 0 unspecified atom stereocenters. The third-order valence-electron chi connectivity index (χ3n) is 7.01. The van der Waals surface area contributed by atoms with E-state index in [4.69, 9.17) is 16.4 Å². The van der Waals surface area contributed by atoms with Crippen molar-refractivity contribution in [3.05, 3.63) is 47.6 Å². The van der Waals surface area contributed by atoms with E-state index in [1.54, 1.807) is 23.2 Å². The van der Waals surface area contributed by atoms with E-state index in [0.717, 1.165) is 6.07 Å². The summed E-state index contributed by atoms with van der Waals surface area (Å²) in [6.07, 6.45) is -2.02. The lowest BCUT2D eigenvalue weighted by molar-refractivity contribution is -0.274. The Kier molecular flexibility index (Phi) is 7.43. The molecule has 3 aliphatic rings. The largest absolute Gasteiger partial charge is 0.573 e. The number of piperazine rings is 1. The number of pyridine rings is 1. The van der Waals surface area contributed by atoms with Crippen molar-refractivity contribution in [3.8, 4) is 5.75 Å². The van der Waals surface area contributed by atoms with Crippen molar-refractivity contribution in [1.29, 1.82) is 0 Å². The van der Waals surface area contributed by atoms with Gasteiger partial charge in [-0.15, -0.1) is 13.2 Å². The Morgan fingerprint density at radius 2 is 1.72 bits per heavy atom. The van der Waals surface area contributed by atoms with Crippen LogP contribution in [0.5, 0.6) is 5.75 Å². The van der Waals surface area contributed by atoms with Gasteiger partial charge in [0, 0.05) is 64.7 Å². The molecule has 1 aromatic carbocycles. The van der Waals surface area contributed by atoms with Crippen molar-refractivity contribution in [1.82, 2.24) is 14.8 Å². The fourth-order valence-corrected chi connectivity index (χ4v) is 5.15. The number of nitrogens with one attached hydrogen (secondary N) is 1. The first-order chi connectivity index (χ1) is 18.6. The first-order valence-electron chi connectivity index (χ1n) is 12.4. The van der Waals surface area contributed by atoms with Crippen LogP contribution in [-0.4, -0.2) is 83.7 Å². The number of rotatable bonds is 4. The SMILES string of the molecule is O=C(Nc1ccccc1OC(F)(F)F)N1CCC2(CC1)CC(C(=O)N1CCN(c3ncccc3Cl)CC1)=NO2. The molecule has 1 aromatic heterocycles. The van der Waals surface area contributed by atoms with Gasteiger partial charge >= 0.3 is 12.4 Å². The molecule has 2 saturated heterocycles. The normalized spacial score (nSPS) is 19.0. The molecule has 208 valence electrons. The minimum absolute atomic E-state index is 0.0844. The molecule has 10 nitrogen and oxygen atoms in total. The molecule has 3 amide bonds. The fraction of sp³-hybridized carbons (Fsp3) is 0.440. The van der Waals surface area contributed by atoms with Gasteiger partial charge in [0.15, 0.2) is 5.75 Å². The highest BCUT2D eigenvalue weighted by atomic mass is 35.5. The van der Waals surface area contributed by atoms with Crippen LogP contribution < -0.4 is 15.0 Å². The number of ether oxygens (including phenoxy) is 1.